The highest BCUT2D eigenvalue weighted by Crippen LogP contribution is 2.26. The predicted octanol–water partition coefficient (Wildman–Crippen LogP) is -1.48. The molecule has 2 aliphatic rings. The smallest absolute Gasteiger partial charge is 0.326 e. The molecule has 0 radical (unpaired) electrons. The van der Waals surface area contributed by atoms with Crippen LogP contribution in [0.3, 0.4) is 0 Å². The number of carbonyl (C=O) groups excluding carboxylic acids is 8. The number of carbonyl (C=O) groups is 11. The second kappa shape index (κ2) is 27.7. The Morgan fingerprint density at radius 2 is 1.15 bits per heavy atom. The van der Waals surface area contributed by atoms with Crippen molar-refractivity contribution in [2.24, 2.45) is 11.7 Å². The van der Waals surface area contributed by atoms with Gasteiger partial charge in [0.15, 0.2) is 0 Å². The molecule has 0 saturated carbocycles. The van der Waals surface area contributed by atoms with E-state index in [9.17, 15) is 68.1 Å². The van der Waals surface area contributed by atoms with Crippen LogP contribution < -0.4 is 37.6 Å². The number of nitrogens with two attached hydrogens (primary N) is 1. The molecule has 4 rings (SSSR count). The van der Waals surface area contributed by atoms with E-state index in [-0.39, 0.29) is 69.7 Å². The molecule has 12 N–H and O–H groups in total. The molecular weight excluding hydrogens is 943 g/mol. The fraction of sp³-hybridized carbons (Fsp3) is 0.521. The van der Waals surface area contributed by atoms with Crippen molar-refractivity contribution in [1.82, 2.24) is 41.7 Å². The summed E-state index contributed by atoms with van der Waals surface area (Å²) in [5.74, 6) is -10.1. The predicted molar refractivity (Wildman–Crippen MR) is 254 cm³/mol. The first-order valence-electron chi connectivity index (χ1n) is 23.7. The molecule has 24 heteroatoms. The van der Waals surface area contributed by atoms with Gasteiger partial charge in [0, 0.05) is 38.8 Å². The SMILES string of the molecule is CC(C)C[C@H](NC(=O)[C@H](CCC(=O)O)NC(=O)CNC(=O)CNC(=O)[C@@H]1CCCN1C(=O)[C@@H]1CCCN1C(=O)[C@H](Cc1ccc(O)cc1)NC(=O)[C@@H](N)CCC(=O)O)C(=O)N[C@@H](Cc1ccccc1)C(=O)O. The number of aliphatic carboxylic acids is 3. The van der Waals surface area contributed by atoms with Gasteiger partial charge in [-0.3, -0.25) is 47.9 Å². The van der Waals surface area contributed by atoms with Crippen LogP contribution in [0.5, 0.6) is 5.75 Å². The van der Waals surface area contributed by atoms with Crippen molar-refractivity contribution in [2.45, 2.75) is 127 Å². The molecule has 0 bridgehead atoms. The third-order valence-electron chi connectivity index (χ3n) is 12.1. The quantitative estimate of drug-likeness (QED) is 0.0486. The molecule has 0 spiro atoms. The van der Waals surface area contributed by atoms with Crippen LogP contribution >= 0.6 is 0 Å². The standard InChI is InChI=1S/C48H65N9O15/c1-27(2)22-33(44(67)55-35(48(71)72)24-28-8-4-3-5-9-28)53-43(66)32(17-19-41(63)64)52-39(60)26-50-38(59)25-51-45(68)36-10-6-20-56(36)47(70)37-11-7-21-57(37)46(69)34(23-29-12-14-30(58)15-13-29)54-42(65)31(49)16-18-40(61)62/h3-5,8-9,12-15,27,31-37,58H,6-7,10-11,16-26,49H2,1-2H3,(H,50,59)(H,51,68)(H,52,60)(H,53,66)(H,54,65)(H,55,67)(H,61,62)(H,63,64)(H,71,72)/t31-,32-,33-,34-,35-,36-,37-/m0/s1. The normalized spacial score (nSPS) is 17.3. The summed E-state index contributed by atoms with van der Waals surface area (Å²) < 4.78 is 0. The van der Waals surface area contributed by atoms with Crippen LogP contribution in [0.15, 0.2) is 54.6 Å². The molecule has 0 unspecified atom stereocenters. The Morgan fingerprint density at radius 3 is 1.78 bits per heavy atom. The molecule has 2 heterocycles. The Labute approximate surface area is 415 Å². The van der Waals surface area contributed by atoms with E-state index in [1.165, 1.54) is 21.9 Å². The Balaban J connectivity index is 1.33. The number of carboxylic acids is 3. The number of benzene rings is 2. The summed E-state index contributed by atoms with van der Waals surface area (Å²) in [6.45, 7) is 2.47. The lowest BCUT2D eigenvalue weighted by Gasteiger charge is -2.33. The van der Waals surface area contributed by atoms with Crippen LogP contribution in [0.25, 0.3) is 0 Å². The van der Waals surface area contributed by atoms with E-state index in [1.54, 1.807) is 56.3 Å². The highest BCUT2D eigenvalue weighted by Gasteiger charge is 2.44. The number of aromatic hydroxyl groups is 1. The monoisotopic (exact) mass is 1010 g/mol. The Kier molecular flexibility index (Phi) is 21.9. The maximum Gasteiger partial charge on any atom is 0.326 e. The molecule has 7 atom stereocenters. The van der Waals surface area contributed by atoms with Crippen LogP contribution in [0.4, 0.5) is 0 Å². The summed E-state index contributed by atoms with van der Waals surface area (Å²) in [4.78, 5) is 145. The number of amides is 8. The molecule has 2 aromatic rings. The van der Waals surface area contributed by atoms with Gasteiger partial charge >= 0.3 is 17.9 Å². The highest BCUT2D eigenvalue weighted by atomic mass is 16.4. The van der Waals surface area contributed by atoms with Crippen molar-refractivity contribution in [3.8, 4) is 5.75 Å². The number of likely N-dealkylation sites (tertiary alicyclic amines) is 2. The van der Waals surface area contributed by atoms with Gasteiger partial charge in [0.2, 0.25) is 47.3 Å². The molecule has 2 aliphatic heterocycles. The van der Waals surface area contributed by atoms with Crippen molar-refractivity contribution >= 4 is 65.2 Å². The van der Waals surface area contributed by atoms with E-state index in [0.29, 0.717) is 24.0 Å². The first-order valence-corrected chi connectivity index (χ1v) is 23.7. The average Bonchev–Trinajstić information content (AvgIpc) is 4.04. The number of rotatable bonds is 27. The lowest BCUT2D eigenvalue weighted by Crippen LogP contribution is -2.58. The zero-order valence-electron chi connectivity index (χ0n) is 40.2. The molecule has 2 fully saturated rings. The first-order chi connectivity index (χ1) is 34.1. The number of phenolic OH excluding ortho intramolecular Hbond substituents is 1. The van der Waals surface area contributed by atoms with Gasteiger partial charge in [-0.15, -0.1) is 0 Å². The van der Waals surface area contributed by atoms with E-state index < -0.39 is 133 Å². The molecule has 2 saturated heterocycles. The number of nitrogens with zero attached hydrogens (tertiary/aromatic N) is 2. The van der Waals surface area contributed by atoms with Crippen LogP contribution in [0, 0.1) is 5.92 Å². The van der Waals surface area contributed by atoms with Crippen molar-refractivity contribution in [1.29, 1.82) is 0 Å². The first kappa shape index (κ1) is 57.0. The van der Waals surface area contributed by atoms with Crippen molar-refractivity contribution < 1.29 is 73.2 Å². The summed E-state index contributed by atoms with van der Waals surface area (Å²) in [6.07, 6.45) is -0.306. The number of hydrogen-bond acceptors (Lipinski definition) is 13. The molecule has 392 valence electrons. The van der Waals surface area contributed by atoms with Gasteiger partial charge in [0.25, 0.3) is 0 Å². The van der Waals surface area contributed by atoms with Crippen LogP contribution in [-0.4, -0.2) is 164 Å². The largest absolute Gasteiger partial charge is 0.508 e. The van der Waals surface area contributed by atoms with Crippen LogP contribution in [0.2, 0.25) is 0 Å². The fourth-order valence-corrected chi connectivity index (χ4v) is 8.34. The highest BCUT2D eigenvalue weighted by molar-refractivity contribution is 5.97. The molecule has 0 aromatic heterocycles. The van der Waals surface area contributed by atoms with Gasteiger partial charge in [-0.05, 0) is 74.1 Å². The average molecular weight is 1010 g/mol. The Morgan fingerprint density at radius 1 is 0.611 bits per heavy atom. The third-order valence-corrected chi connectivity index (χ3v) is 12.1. The van der Waals surface area contributed by atoms with E-state index in [1.807, 2.05) is 0 Å². The zero-order chi connectivity index (χ0) is 53.1. The van der Waals surface area contributed by atoms with Gasteiger partial charge in [0.05, 0.1) is 19.1 Å². The summed E-state index contributed by atoms with van der Waals surface area (Å²) >= 11 is 0. The Hall–Kier alpha value is -7.63. The molecule has 24 nitrogen and oxygen atoms in total. The lowest BCUT2D eigenvalue weighted by molar-refractivity contribution is -0.148. The maximum absolute atomic E-state index is 14.2. The summed E-state index contributed by atoms with van der Waals surface area (Å²) in [5, 5.41) is 52.7. The van der Waals surface area contributed by atoms with Crippen LogP contribution in [-0.2, 0) is 65.6 Å². The summed E-state index contributed by atoms with van der Waals surface area (Å²) in [5.41, 5.74) is 7.13. The van der Waals surface area contributed by atoms with Crippen LogP contribution in [0.1, 0.15) is 82.8 Å². The molecule has 8 amide bonds. The minimum Gasteiger partial charge on any atom is -0.508 e. The van der Waals surface area contributed by atoms with Crippen molar-refractivity contribution in [3.63, 3.8) is 0 Å². The van der Waals surface area contributed by atoms with Crippen molar-refractivity contribution in [3.05, 3.63) is 65.7 Å². The van der Waals surface area contributed by atoms with E-state index in [2.05, 4.69) is 31.9 Å². The third kappa shape index (κ3) is 18.0. The number of carboxylic acid groups (broad SMARTS) is 3. The minimum atomic E-state index is -1.50. The number of nitrogens with one attached hydrogen (secondary N) is 6. The lowest BCUT2D eigenvalue weighted by atomic mass is 10.0. The van der Waals surface area contributed by atoms with Gasteiger partial charge in [0.1, 0.15) is 42.0 Å². The van der Waals surface area contributed by atoms with Crippen molar-refractivity contribution in [2.75, 3.05) is 26.2 Å². The van der Waals surface area contributed by atoms with E-state index in [4.69, 9.17) is 10.8 Å². The fourth-order valence-electron chi connectivity index (χ4n) is 8.34. The zero-order valence-corrected chi connectivity index (χ0v) is 40.2. The van der Waals surface area contributed by atoms with Gasteiger partial charge < -0.3 is 67.9 Å². The van der Waals surface area contributed by atoms with E-state index >= 15 is 0 Å². The number of phenols is 1. The summed E-state index contributed by atoms with van der Waals surface area (Å²) in [7, 11) is 0. The van der Waals surface area contributed by atoms with E-state index in [0.717, 1.165) is 0 Å². The van der Waals surface area contributed by atoms with Gasteiger partial charge in [-0.25, -0.2) is 4.79 Å². The second-order valence-corrected chi connectivity index (χ2v) is 18.2. The van der Waals surface area contributed by atoms with Gasteiger partial charge in [-0.1, -0.05) is 56.3 Å². The second-order valence-electron chi connectivity index (χ2n) is 18.2. The molecule has 0 aliphatic carbocycles. The van der Waals surface area contributed by atoms with Gasteiger partial charge in [-0.2, -0.15) is 0 Å². The molecule has 2 aromatic carbocycles. The Bertz CT molecular complexity index is 2280. The topological polar surface area (TPSA) is 373 Å². The minimum absolute atomic E-state index is 0.0321. The number of hydrogen-bond donors (Lipinski definition) is 11. The maximum atomic E-state index is 14.2. The molecular formula is C48H65N9O15. The summed E-state index contributed by atoms with van der Waals surface area (Å²) in [6, 6.07) is 5.81. The molecule has 72 heavy (non-hydrogen) atoms.